The number of halogens is 2. The van der Waals surface area contributed by atoms with E-state index in [1.54, 1.807) is 0 Å². The molecule has 76 valence electrons. The Hall–Kier alpha value is -0.400. The zero-order valence-corrected chi connectivity index (χ0v) is 9.74. The summed E-state index contributed by atoms with van der Waals surface area (Å²) in [5.74, 6) is 1.37. The SMILES string of the molecule is CC1(C)COc2c(CCl)cc(Cl)cc21. The number of ether oxygens (including phenoxy) is 1. The summed E-state index contributed by atoms with van der Waals surface area (Å²) in [6.45, 7) is 4.99. The lowest BCUT2D eigenvalue weighted by Gasteiger charge is -2.15. The molecule has 3 heteroatoms. The average Bonchev–Trinajstić information content (AvgIpc) is 2.42. The van der Waals surface area contributed by atoms with Crippen LogP contribution < -0.4 is 4.74 Å². The van der Waals surface area contributed by atoms with Gasteiger partial charge in [0.25, 0.3) is 0 Å². The molecule has 0 radical (unpaired) electrons. The lowest BCUT2D eigenvalue weighted by Crippen LogP contribution is -2.18. The molecule has 0 spiro atoms. The lowest BCUT2D eigenvalue weighted by molar-refractivity contribution is 0.289. The van der Waals surface area contributed by atoms with Crippen molar-refractivity contribution in [1.29, 1.82) is 0 Å². The quantitative estimate of drug-likeness (QED) is 0.669. The van der Waals surface area contributed by atoms with Gasteiger partial charge < -0.3 is 4.74 Å². The van der Waals surface area contributed by atoms with Crippen molar-refractivity contribution >= 4 is 23.2 Å². The fraction of sp³-hybridized carbons (Fsp3) is 0.455. The van der Waals surface area contributed by atoms with Crippen LogP contribution in [0.25, 0.3) is 0 Å². The summed E-state index contributed by atoms with van der Waals surface area (Å²) < 4.78 is 5.65. The van der Waals surface area contributed by atoms with E-state index in [1.807, 2.05) is 12.1 Å². The molecule has 1 nitrogen and oxygen atoms in total. The third-order valence-corrected chi connectivity index (χ3v) is 3.09. The van der Waals surface area contributed by atoms with Crippen molar-refractivity contribution in [3.05, 3.63) is 28.3 Å². The molecule has 0 saturated carbocycles. The van der Waals surface area contributed by atoms with Gasteiger partial charge in [0, 0.05) is 21.6 Å². The Bertz CT molecular complexity index is 372. The molecule has 1 heterocycles. The summed E-state index contributed by atoms with van der Waals surface area (Å²) in [5, 5.41) is 0.734. The van der Waals surface area contributed by atoms with E-state index in [0.717, 1.165) is 16.3 Å². The number of fused-ring (bicyclic) bond motifs is 1. The van der Waals surface area contributed by atoms with Crippen LogP contribution >= 0.6 is 23.2 Å². The van der Waals surface area contributed by atoms with Crippen LogP contribution in [-0.4, -0.2) is 6.61 Å². The maximum atomic E-state index is 6.02. The second-order valence-electron chi connectivity index (χ2n) is 4.25. The minimum Gasteiger partial charge on any atom is -0.492 e. The van der Waals surface area contributed by atoms with Gasteiger partial charge in [-0.2, -0.15) is 0 Å². The molecule has 1 aliphatic heterocycles. The van der Waals surface area contributed by atoms with E-state index in [2.05, 4.69) is 13.8 Å². The van der Waals surface area contributed by atoms with E-state index >= 15 is 0 Å². The molecule has 1 aromatic carbocycles. The maximum absolute atomic E-state index is 6.02. The van der Waals surface area contributed by atoms with Crippen molar-refractivity contribution in [2.45, 2.75) is 25.1 Å². The van der Waals surface area contributed by atoms with E-state index < -0.39 is 0 Å². The number of hydrogen-bond acceptors (Lipinski definition) is 1. The minimum atomic E-state index is 0.0427. The summed E-state index contributed by atoms with van der Waals surface area (Å²) in [4.78, 5) is 0. The van der Waals surface area contributed by atoms with E-state index in [0.29, 0.717) is 12.5 Å². The predicted octanol–water partition coefficient (Wildman–Crippen LogP) is 3.75. The Labute approximate surface area is 94.0 Å². The monoisotopic (exact) mass is 230 g/mol. The normalized spacial score (nSPS) is 17.7. The molecule has 1 aliphatic rings. The van der Waals surface area contributed by atoms with Crippen LogP contribution in [-0.2, 0) is 11.3 Å². The number of alkyl halides is 1. The van der Waals surface area contributed by atoms with Crippen LogP contribution in [0.3, 0.4) is 0 Å². The van der Waals surface area contributed by atoms with Crippen LogP contribution in [0.4, 0.5) is 0 Å². The van der Waals surface area contributed by atoms with Gasteiger partial charge >= 0.3 is 0 Å². The van der Waals surface area contributed by atoms with E-state index in [9.17, 15) is 0 Å². The lowest BCUT2D eigenvalue weighted by atomic mass is 9.86. The first-order valence-electron chi connectivity index (χ1n) is 4.56. The third-order valence-electron chi connectivity index (χ3n) is 2.58. The summed E-state index contributed by atoms with van der Waals surface area (Å²) in [5.41, 5.74) is 2.20. The van der Waals surface area contributed by atoms with Crippen molar-refractivity contribution in [2.75, 3.05) is 6.61 Å². The first-order chi connectivity index (χ1) is 6.54. The van der Waals surface area contributed by atoms with E-state index in [4.69, 9.17) is 27.9 Å². The largest absolute Gasteiger partial charge is 0.492 e. The topological polar surface area (TPSA) is 9.23 Å². The molecule has 0 amide bonds. The molecule has 0 bridgehead atoms. The highest BCUT2D eigenvalue weighted by molar-refractivity contribution is 6.31. The standard InChI is InChI=1S/C11H12Cl2O/c1-11(2)6-14-10-7(5-12)3-8(13)4-9(10)11/h3-4H,5-6H2,1-2H3. The Kier molecular flexibility index (Phi) is 2.40. The fourth-order valence-corrected chi connectivity index (χ4v) is 2.19. The molecule has 0 saturated heterocycles. The average molecular weight is 231 g/mol. The molecule has 2 rings (SSSR count). The Morgan fingerprint density at radius 1 is 1.43 bits per heavy atom. The van der Waals surface area contributed by atoms with Gasteiger partial charge in [0.05, 0.1) is 12.5 Å². The molecule has 0 fully saturated rings. The van der Waals surface area contributed by atoms with Gasteiger partial charge in [0.15, 0.2) is 0 Å². The third kappa shape index (κ3) is 1.49. The molecule has 0 aliphatic carbocycles. The zero-order valence-electron chi connectivity index (χ0n) is 8.23. The number of benzene rings is 1. The van der Waals surface area contributed by atoms with Crippen molar-refractivity contribution in [3.8, 4) is 5.75 Å². The van der Waals surface area contributed by atoms with Crippen molar-refractivity contribution in [2.24, 2.45) is 0 Å². The molecule has 0 atom stereocenters. The van der Waals surface area contributed by atoms with Crippen molar-refractivity contribution in [1.82, 2.24) is 0 Å². The van der Waals surface area contributed by atoms with E-state index in [1.165, 1.54) is 5.56 Å². The number of hydrogen-bond donors (Lipinski definition) is 0. The molecule has 0 aromatic heterocycles. The van der Waals surface area contributed by atoms with Crippen molar-refractivity contribution in [3.63, 3.8) is 0 Å². The summed E-state index contributed by atoms with van der Waals surface area (Å²) in [6, 6.07) is 3.84. The van der Waals surface area contributed by atoms with Gasteiger partial charge in [-0.1, -0.05) is 25.4 Å². The van der Waals surface area contributed by atoms with Gasteiger partial charge in [-0.15, -0.1) is 11.6 Å². The first kappa shape index (κ1) is 10.1. The molecule has 1 aromatic rings. The molecule has 0 N–H and O–H groups in total. The Morgan fingerprint density at radius 3 is 2.79 bits per heavy atom. The van der Waals surface area contributed by atoms with Gasteiger partial charge in [-0.05, 0) is 12.1 Å². The minimum absolute atomic E-state index is 0.0427. The van der Waals surface area contributed by atoms with Crippen LogP contribution in [0.5, 0.6) is 5.75 Å². The maximum Gasteiger partial charge on any atom is 0.127 e. The predicted molar refractivity (Wildman–Crippen MR) is 59.5 cm³/mol. The Morgan fingerprint density at radius 2 is 2.14 bits per heavy atom. The zero-order chi connectivity index (χ0) is 10.3. The second-order valence-corrected chi connectivity index (χ2v) is 4.95. The molecule has 0 unspecified atom stereocenters. The fourth-order valence-electron chi connectivity index (χ4n) is 1.75. The van der Waals surface area contributed by atoms with Crippen LogP contribution in [0, 0.1) is 0 Å². The summed E-state index contributed by atoms with van der Waals surface area (Å²) >= 11 is 11.9. The summed E-state index contributed by atoms with van der Waals surface area (Å²) in [7, 11) is 0. The van der Waals surface area contributed by atoms with Crippen LogP contribution in [0.15, 0.2) is 12.1 Å². The van der Waals surface area contributed by atoms with Crippen LogP contribution in [0.2, 0.25) is 5.02 Å². The molecular weight excluding hydrogens is 219 g/mol. The molecule has 14 heavy (non-hydrogen) atoms. The van der Waals surface area contributed by atoms with Crippen molar-refractivity contribution < 1.29 is 4.74 Å². The highest BCUT2D eigenvalue weighted by Crippen LogP contribution is 2.42. The number of rotatable bonds is 1. The van der Waals surface area contributed by atoms with Gasteiger partial charge in [0.2, 0.25) is 0 Å². The highest BCUT2D eigenvalue weighted by atomic mass is 35.5. The summed E-state index contributed by atoms with van der Waals surface area (Å²) in [6.07, 6.45) is 0. The first-order valence-corrected chi connectivity index (χ1v) is 5.47. The van der Waals surface area contributed by atoms with Gasteiger partial charge in [-0.25, -0.2) is 0 Å². The van der Waals surface area contributed by atoms with E-state index in [-0.39, 0.29) is 5.41 Å². The second kappa shape index (κ2) is 3.32. The smallest absolute Gasteiger partial charge is 0.127 e. The highest BCUT2D eigenvalue weighted by Gasteiger charge is 2.33. The van der Waals surface area contributed by atoms with Crippen LogP contribution in [0.1, 0.15) is 25.0 Å². The molecular formula is C11H12Cl2O. The Balaban J connectivity index is 2.62. The van der Waals surface area contributed by atoms with Gasteiger partial charge in [-0.3, -0.25) is 0 Å². The van der Waals surface area contributed by atoms with Gasteiger partial charge in [0.1, 0.15) is 5.75 Å².